The lowest BCUT2D eigenvalue weighted by Crippen LogP contribution is -2.08. The molecule has 0 aliphatic heterocycles. The van der Waals surface area contributed by atoms with Crippen molar-refractivity contribution in [1.82, 2.24) is 5.32 Å². The van der Waals surface area contributed by atoms with Crippen LogP contribution in [0.3, 0.4) is 0 Å². The summed E-state index contributed by atoms with van der Waals surface area (Å²) in [6.07, 6.45) is 7.06. The summed E-state index contributed by atoms with van der Waals surface area (Å²) in [5, 5.41) is 3.97. The largest absolute Gasteiger partial charge is 0.464 e. The van der Waals surface area contributed by atoms with Crippen LogP contribution >= 0.6 is 11.8 Å². The Bertz CT molecular complexity index is 305. The first-order valence-electron chi connectivity index (χ1n) is 6.22. The summed E-state index contributed by atoms with van der Waals surface area (Å²) in [4.78, 5) is 0. The van der Waals surface area contributed by atoms with Crippen molar-refractivity contribution >= 4 is 11.8 Å². The SMILES string of the molecule is CNCc1ccc(CSC2CCCCC2)o1. The van der Waals surface area contributed by atoms with E-state index in [1.807, 2.05) is 7.05 Å². The summed E-state index contributed by atoms with van der Waals surface area (Å²) in [5.74, 6) is 3.21. The molecule has 2 nitrogen and oxygen atoms in total. The summed E-state index contributed by atoms with van der Waals surface area (Å²) in [5.41, 5.74) is 0. The highest BCUT2D eigenvalue weighted by molar-refractivity contribution is 7.99. The van der Waals surface area contributed by atoms with Crippen molar-refractivity contribution in [3.63, 3.8) is 0 Å². The van der Waals surface area contributed by atoms with Crippen LogP contribution in [0.15, 0.2) is 16.5 Å². The van der Waals surface area contributed by atoms with E-state index >= 15 is 0 Å². The van der Waals surface area contributed by atoms with Crippen molar-refractivity contribution < 1.29 is 4.42 Å². The van der Waals surface area contributed by atoms with Crippen LogP contribution in [0.25, 0.3) is 0 Å². The van der Waals surface area contributed by atoms with Crippen LogP contribution < -0.4 is 5.32 Å². The monoisotopic (exact) mass is 239 g/mol. The summed E-state index contributed by atoms with van der Waals surface area (Å²) in [6, 6.07) is 4.19. The third kappa shape index (κ3) is 3.56. The Morgan fingerprint density at radius 2 is 2.00 bits per heavy atom. The first-order valence-corrected chi connectivity index (χ1v) is 7.27. The van der Waals surface area contributed by atoms with E-state index in [0.717, 1.165) is 29.1 Å². The lowest BCUT2D eigenvalue weighted by Gasteiger charge is -2.20. The molecule has 0 radical (unpaired) electrons. The van der Waals surface area contributed by atoms with Gasteiger partial charge in [-0.05, 0) is 32.0 Å². The predicted octanol–water partition coefficient (Wildman–Crippen LogP) is 3.56. The highest BCUT2D eigenvalue weighted by Crippen LogP contribution is 2.30. The Labute approximate surface area is 102 Å². The smallest absolute Gasteiger partial charge is 0.117 e. The van der Waals surface area contributed by atoms with E-state index in [-0.39, 0.29) is 0 Å². The molecule has 3 heteroatoms. The van der Waals surface area contributed by atoms with E-state index in [2.05, 4.69) is 29.2 Å². The molecule has 1 aliphatic rings. The highest BCUT2D eigenvalue weighted by Gasteiger charge is 2.14. The highest BCUT2D eigenvalue weighted by atomic mass is 32.2. The Morgan fingerprint density at radius 3 is 2.75 bits per heavy atom. The standard InChI is InChI=1S/C13H21NOS/c1-14-9-11-7-8-12(15-11)10-16-13-5-3-2-4-6-13/h7-8,13-14H,2-6,9-10H2,1H3. The molecule has 0 aromatic carbocycles. The van der Waals surface area contributed by atoms with Gasteiger partial charge in [0.05, 0.1) is 12.3 Å². The topological polar surface area (TPSA) is 25.2 Å². The molecule has 1 aromatic heterocycles. The fourth-order valence-electron chi connectivity index (χ4n) is 2.20. The Kier molecular flexibility index (Phi) is 4.79. The minimum Gasteiger partial charge on any atom is -0.464 e. The average Bonchev–Trinajstić information content (AvgIpc) is 2.76. The normalized spacial score (nSPS) is 17.8. The van der Waals surface area contributed by atoms with Crippen LogP contribution in [-0.4, -0.2) is 12.3 Å². The van der Waals surface area contributed by atoms with Gasteiger partial charge in [0, 0.05) is 5.25 Å². The molecular weight excluding hydrogens is 218 g/mol. The maximum Gasteiger partial charge on any atom is 0.117 e. The van der Waals surface area contributed by atoms with Gasteiger partial charge in [0.2, 0.25) is 0 Å². The molecule has 1 aliphatic carbocycles. The molecule has 0 bridgehead atoms. The van der Waals surface area contributed by atoms with E-state index in [1.54, 1.807) is 0 Å². The van der Waals surface area contributed by atoms with Crippen LogP contribution in [0, 0.1) is 0 Å². The minimum atomic E-state index is 0.827. The second kappa shape index (κ2) is 6.36. The second-order valence-corrected chi connectivity index (χ2v) is 5.76. The maximum absolute atomic E-state index is 5.73. The molecular formula is C13H21NOS. The van der Waals surface area contributed by atoms with Crippen molar-refractivity contribution in [1.29, 1.82) is 0 Å². The number of hydrogen-bond acceptors (Lipinski definition) is 3. The molecule has 1 N–H and O–H groups in total. The molecule has 90 valence electrons. The van der Waals surface area contributed by atoms with Gasteiger partial charge in [0.25, 0.3) is 0 Å². The van der Waals surface area contributed by atoms with Gasteiger partial charge >= 0.3 is 0 Å². The zero-order valence-electron chi connectivity index (χ0n) is 10.00. The van der Waals surface area contributed by atoms with Gasteiger partial charge in [-0.25, -0.2) is 0 Å². The Morgan fingerprint density at radius 1 is 1.25 bits per heavy atom. The zero-order valence-corrected chi connectivity index (χ0v) is 10.8. The molecule has 0 amide bonds. The molecule has 2 rings (SSSR count). The fraction of sp³-hybridized carbons (Fsp3) is 0.692. The van der Waals surface area contributed by atoms with E-state index in [4.69, 9.17) is 4.42 Å². The first-order chi connectivity index (χ1) is 7.88. The van der Waals surface area contributed by atoms with Crippen molar-refractivity contribution in [2.45, 2.75) is 49.7 Å². The lowest BCUT2D eigenvalue weighted by atomic mass is 10.0. The van der Waals surface area contributed by atoms with Crippen LogP contribution in [0.4, 0.5) is 0 Å². The molecule has 0 atom stereocenters. The Hall–Kier alpha value is -0.410. The molecule has 1 fully saturated rings. The van der Waals surface area contributed by atoms with Crippen LogP contribution in [0.1, 0.15) is 43.6 Å². The van der Waals surface area contributed by atoms with Crippen LogP contribution in [-0.2, 0) is 12.3 Å². The molecule has 0 spiro atoms. The number of rotatable bonds is 5. The molecule has 0 saturated heterocycles. The maximum atomic E-state index is 5.73. The minimum absolute atomic E-state index is 0.827. The summed E-state index contributed by atoms with van der Waals surface area (Å²) < 4.78 is 5.73. The van der Waals surface area contributed by atoms with Gasteiger partial charge in [-0.3, -0.25) is 0 Å². The molecule has 0 unspecified atom stereocenters. The molecule has 1 heterocycles. The quantitative estimate of drug-likeness (QED) is 0.850. The number of nitrogens with one attached hydrogen (secondary N) is 1. The zero-order chi connectivity index (χ0) is 11.2. The number of furan rings is 1. The summed E-state index contributed by atoms with van der Waals surface area (Å²) in [6.45, 7) is 0.827. The summed E-state index contributed by atoms with van der Waals surface area (Å²) in [7, 11) is 1.94. The molecule has 16 heavy (non-hydrogen) atoms. The molecule has 1 saturated carbocycles. The third-order valence-corrected chi connectivity index (χ3v) is 4.48. The van der Waals surface area contributed by atoms with Gasteiger partial charge in [0.1, 0.15) is 11.5 Å². The fourth-order valence-corrected chi connectivity index (χ4v) is 3.42. The van der Waals surface area contributed by atoms with Gasteiger partial charge in [-0.2, -0.15) is 11.8 Å². The van der Waals surface area contributed by atoms with Crippen molar-refractivity contribution in [3.8, 4) is 0 Å². The lowest BCUT2D eigenvalue weighted by molar-refractivity contribution is 0.467. The molecule has 1 aromatic rings. The number of thioether (sulfide) groups is 1. The van der Waals surface area contributed by atoms with Crippen molar-refractivity contribution in [3.05, 3.63) is 23.7 Å². The second-order valence-electron chi connectivity index (χ2n) is 4.47. The van der Waals surface area contributed by atoms with Crippen LogP contribution in [0.2, 0.25) is 0 Å². The average molecular weight is 239 g/mol. The predicted molar refractivity (Wildman–Crippen MR) is 69.6 cm³/mol. The van der Waals surface area contributed by atoms with Gasteiger partial charge in [0.15, 0.2) is 0 Å². The van der Waals surface area contributed by atoms with Crippen molar-refractivity contribution in [2.24, 2.45) is 0 Å². The van der Waals surface area contributed by atoms with E-state index < -0.39 is 0 Å². The van der Waals surface area contributed by atoms with Crippen molar-refractivity contribution in [2.75, 3.05) is 7.05 Å². The van der Waals surface area contributed by atoms with Gasteiger partial charge < -0.3 is 9.73 Å². The third-order valence-electron chi connectivity index (χ3n) is 3.08. The van der Waals surface area contributed by atoms with E-state index in [9.17, 15) is 0 Å². The Balaban J connectivity index is 1.75. The van der Waals surface area contributed by atoms with Gasteiger partial charge in [-0.1, -0.05) is 19.3 Å². The van der Waals surface area contributed by atoms with Gasteiger partial charge in [-0.15, -0.1) is 0 Å². The number of hydrogen-bond donors (Lipinski definition) is 1. The first kappa shape index (κ1) is 12.1. The summed E-state index contributed by atoms with van der Waals surface area (Å²) >= 11 is 2.07. The van der Waals surface area contributed by atoms with E-state index in [1.165, 1.54) is 32.1 Å². The van der Waals surface area contributed by atoms with E-state index in [0.29, 0.717) is 0 Å². The van der Waals surface area contributed by atoms with Crippen LogP contribution in [0.5, 0.6) is 0 Å².